The maximum Gasteiger partial charge on any atom is 0.116 e. The molecule has 3 heteroatoms. The van der Waals surface area contributed by atoms with Crippen LogP contribution in [0.15, 0.2) is 11.6 Å². The lowest BCUT2D eigenvalue weighted by Gasteiger charge is -2.57. The highest BCUT2D eigenvalue weighted by Gasteiger charge is 2.60. The van der Waals surface area contributed by atoms with Gasteiger partial charge in [0.1, 0.15) is 6.17 Å². The first-order valence-electron chi connectivity index (χ1n) is 9.13. The zero-order valence-corrected chi connectivity index (χ0v) is 13.9. The molecule has 0 aromatic rings. The Labute approximate surface area is 133 Å². The van der Waals surface area contributed by atoms with Crippen molar-refractivity contribution in [2.24, 2.45) is 34.3 Å². The number of hydrogen-bond donors (Lipinski definition) is 2. The standard InChI is InChI=1S/C19H30FNO/c1-18-7-5-12(22)9-11(18)3-4-13-14(18)6-8-19(2)15(13)10-16(20)17(19)21/h3,12-17,22H,4-10,21H2,1-2H3/t12-,13+,14-,15-,16+,17-,18-,19-/m0/s1. The fourth-order valence-electron chi connectivity index (χ4n) is 6.65. The fraction of sp³-hybridized carbons (Fsp3) is 0.895. The zero-order chi connectivity index (χ0) is 15.7. The van der Waals surface area contributed by atoms with Crippen molar-refractivity contribution in [3.63, 3.8) is 0 Å². The minimum Gasteiger partial charge on any atom is -0.393 e. The maximum absolute atomic E-state index is 14.3. The molecule has 0 amide bonds. The average molecular weight is 307 g/mol. The van der Waals surface area contributed by atoms with E-state index < -0.39 is 6.17 Å². The molecule has 22 heavy (non-hydrogen) atoms. The van der Waals surface area contributed by atoms with Gasteiger partial charge in [0.15, 0.2) is 0 Å². The predicted molar refractivity (Wildman–Crippen MR) is 86.0 cm³/mol. The van der Waals surface area contributed by atoms with Crippen LogP contribution >= 0.6 is 0 Å². The van der Waals surface area contributed by atoms with Crippen molar-refractivity contribution in [3.8, 4) is 0 Å². The van der Waals surface area contributed by atoms with Gasteiger partial charge >= 0.3 is 0 Å². The molecule has 8 atom stereocenters. The summed E-state index contributed by atoms with van der Waals surface area (Å²) in [6, 6.07) is -0.273. The Bertz CT molecular complexity index is 506. The highest BCUT2D eigenvalue weighted by Crippen LogP contribution is 2.64. The van der Waals surface area contributed by atoms with E-state index in [4.69, 9.17) is 5.73 Å². The van der Waals surface area contributed by atoms with E-state index in [0.717, 1.165) is 32.1 Å². The van der Waals surface area contributed by atoms with Crippen LogP contribution < -0.4 is 5.73 Å². The molecule has 0 bridgehead atoms. The van der Waals surface area contributed by atoms with Gasteiger partial charge in [-0.1, -0.05) is 25.5 Å². The minimum atomic E-state index is -0.819. The molecule has 0 unspecified atom stereocenters. The Kier molecular flexibility index (Phi) is 3.30. The van der Waals surface area contributed by atoms with Crippen molar-refractivity contribution in [1.82, 2.24) is 0 Å². The van der Waals surface area contributed by atoms with Crippen LogP contribution in [0.1, 0.15) is 58.8 Å². The van der Waals surface area contributed by atoms with Crippen LogP contribution in [0.2, 0.25) is 0 Å². The van der Waals surface area contributed by atoms with Gasteiger partial charge in [0.25, 0.3) is 0 Å². The number of alkyl halides is 1. The number of fused-ring (bicyclic) bond motifs is 5. The van der Waals surface area contributed by atoms with Gasteiger partial charge in [0.05, 0.1) is 6.10 Å². The van der Waals surface area contributed by atoms with E-state index in [-0.39, 0.29) is 23.0 Å². The van der Waals surface area contributed by atoms with Gasteiger partial charge in [-0.2, -0.15) is 0 Å². The largest absolute Gasteiger partial charge is 0.393 e. The summed E-state index contributed by atoms with van der Waals surface area (Å²) in [6.45, 7) is 4.65. The number of nitrogens with two attached hydrogens (primary N) is 1. The van der Waals surface area contributed by atoms with Crippen LogP contribution in [-0.4, -0.2) is 23.4 Å². The maximum atomic E-state index is 14.3. The molecule has 124 valence electrons. The predicted octanol–water partition coefficient (Wildman–Crippen LogP) is 3.59. The third-order valence-corrected chi connectivity index (χ3v) is 8.15. The highest BCUT2D eigenvalue weighted by atomic mass is 19.1. The Hall–Kier alpha value is -0.410. The van der Waals surface area contributed by atoms with Crippen molar-refractivity contribution < 1.29 is 9.50 Å². The van der Waals surface area contributed by atoms with Gasteiger partial charge in [-0.3, -0.25) is 0 Å². The van der Waals surface area contributed by atoms with Crippen LogP contribution in [0.4, 0.5) is 4.39 Å². The zero-order valence-electron chi connectivity index (χ0n) is 13.9. The second-order valence-electron chi connectivity index (χ2n) is 8.98. The Morgan fingerprint density at radius 2 is 2.00 bits per heavy atom. The molecule has 0 saturated heterocycles. The second kappa shape index (κ2) is 4.80. The Balaban J connectivity index is 1.68. The monoisotopic (exact) mass is 307 g/mol. The van der Waals surface area contributed by atoms with Crippen molar-refractivity contribution in [3.05, 3.63) is 11.6 Å². The molecule has 0 heterocycles. The molecule has 4 aliphatic carbocycles. The number of hydrogen-bond acceptors (Lipinski definition) is 2. The number of rotatable bonds is 0. The van der Waals surface area contributed by atoms with Crippen molar-refractivity contribution in [2.75, 3.05) is 0 Å². The Morgan fingerprint density at radius 1 is 1.23 bits per heavy atom. The molecule has 4 rings (SSSR count). The minimum absolute atomic E-state index is 0.00350. The molecule has 3 N–H and O–H groups in total. The molecule has 0 aromatic carbocycles. The summed E-state index contributed by atoms with van der Waals surface area (Å²) in [5, 5.41) is 10.0. The molecular formula is C19H30FNO. The first-order chi connectivity index (χ1) is 10.4. The smallest absolute Gasteiger partial charge is 0.116 e. The lowest BCUT2D eigenvalue weighted by Crippen LogP contribution is -2.52. The van der Waals surface area contributed by atoms with E-state index in [0.29, 0.717) is 24.2 Å². The van der Waals surface area contributed by atoms with Gasteiger partial charge < -0.3 is 10.8 Å². The van der Waals surface area contributed by atoms with E-state index in [9.17, 15) is 9.50 Å². The van der Waals surface area contributed by atoms with E-state index in [1.807, 2.05) is 0 Å². The topological polar surface area (TPSA) is 46.2 Å². The fourth-order valence-corrected chi connectivity index (χ4v) is 6.65. The van der Waals surface area contributed by atoms with Crippen LogP contribution in [0.3, 0.4) is 0 Å². The molecule has 0 radical (unpaired) electrons. The van der Waals surface area contributed by atoms with Gasteiger partial charge in [-0.15, -0.1) is 0 Å². The molecule has 3 saturated carbocycles. The SMILES string of the molecule is C[C@]12CC[C@H]3[C@@H](CC=C4C[C@@H](O)CC[C@@]43C)[C@@H]1C[C@@H](F)[C@@H]2N. The van der Waals surface area contributed by atoms with Crippen LogP contribution in [0, 0.1) is 28.6 Å². The molecular weight excluding hydrogens is 277 g/mol. The molecule has 0 aliphatic heterocycles. The van der Waals surface area contributed by atoms with Crippen LogP contribution in [0.5, 0.6) is 0 Å². The quantitative estimate of drug-likeness (QED) is 0.672. The lowest BCUT2D eigenvalue weighted by atomic mass is 9.48. The van der Waals surface area contributed by atoms with Gasteiger partial charge in [0.2, 0.25) is 0 Å². The summed E-state index contributed by atoms with van der Waals surface area (Å²) >= 11 is 0. The second-order valence-corrected chi connectivity index (χ2v) is 8.98. The number of aliphatic hydroxyl groups is 1. The number of halogens is 1. The highest BCUT2D eigenvalue weighted by molar-refractivity contribution is 5.25. The van der Waals surface area contributed by atoms with E-state index >= 15 is 0 Å². The molecule has 2 nitrogen and oxygen atoms in total. The van der Waals surface area contributed by atoms with E-state index in [2.05, 4.69) is 19.9 Å². The summed E-state index contributed by atoms with van der Waals surface area (Å²) in [6.07, 6.45) is 8.29. The van der Waals surface area contributed by atoms with Gasteiger partial charge in [-0.25, -0.2) is 4.39 Å². The third kappa shape index (κ3) is 1.84. The van der Waals surface area contributed by atoms with E-state index in [1.54, 1.807) is 0 Å². The van der Waals surface area contributed by atoms with Crippen LogP contribution in [0.25, 0.3) is 0 Å². The Morgan fingerprint density at radius 3 is 2.77 bits per heavy atom. The molecule has 0 aromatic heterocycles. The number of aliphatic hydroxyl groups excluding tert-OH is 1. The first kappa shape index (κ1) is 15.1. The van der Waals surface area contributed by atoms with E-state index in [1.165, 1.54) is 12.0 Å². The lowest BCUT2D eigenvalue weighted by molar-refractivity contribution is -0.0402. The summed E-state index contributed by atoms with van der Waals surface area (Å²) in [4.78, 5) is 0. The summed E-state index contributed by atoms with van der Waals surface area (Å²) in [7, 11) is 0. The van der Waals surface area contributed by atoms with Crippen molar-refractivity contribution in [2.45, 2.75) is 77.1 Å². The summed E-state index contributed by atoms with van der Waals surface area (Å²) < 4.78 is 14.3. The van der Waals surface area contributed by atoms with Gasteiger partial charge in [0, 0.05) is 6.04 Å². The average Bonchev–Trinajstić information content (AvgIpc) is 2.72. The third-order valence-electron chi connectivity index (χ3n) is 8.15. The van der Waals surface area contributed by atoms with Crippen LogP contribution in [-0.2, 0) is 0 Å². The molecule has 4 aliphatic rings. The normalized spacial score (nSPS) is 57.6. The molecule has 3 fully saturated rings. The first-order valence-corrected chi connectivity index (χ1v) is 9.13. The van der Waals surface area contributed by atoms with Crippen molar-refractivity contribution in [1.29, 1.82) is 0 Å². The summed E-state index contributed by atoms with van der Waals surface area (Å²) in [5.41, 5.74) is 7.96. The van der Waals surface area contributed by atoms with Crippen molar-refractivity contribution >= 4 is 0 Å². The molecule has 0 spiro atoms. The number of allylic oxidation sites excluding steroid dienone is 1. The summed E-state index contributed by atoms with van der Waals surface area (Å²) in [5.74, 6) is 1.70. The van der Waals surface area contributed by atoms with Gasteiger partial charge in [-0.05, 0) is 73.5 Å².